The lowest BCUT2D eigenvalue weighted by molar-refractivity contribution is 1.01. The first-order chi connectivity index (χ1) is 9.84. The minimum absolute atomic E-state index is 1.14. The molecule has 0 aliphatic heterocycles. The minimum Gasteiger partial charge on any atom is -0.343 e. The van der Waals surface area contributed by atoms with E-state index in [1.165, 1.54) is 27.4 Å². The van der Waals surface area contributed by atoms with Gasteiger partial charge in [-0.05, 0) is 23.8 Å². The fourth-order valence-electron chi connectivity index (χ4n) is 2.77. The van der Waals surface area contributed by atoms with E-state index < -0.39 is 0 Å². The number of aryl methyl sites for hydroxylation is 1. The number of fused-ring (bicyclic) bond motifs is 3. The van der Waals surface area contributed by atoms with E-state index in [9.17, 15) is 0 Å². The van der Waals surface area contributed by atoms with Gasteiger partial charge in [0, 0.05) is 53.7 Å². The lowest BCUT2D eigenvalue weighted by Gasteiger charge is -2.03. The quantitative estimate of drug-likeness (QED) is 0.520. The maximum absolute atomic E-state index is 4.23. The lowest BCUT2D eigenvalue weighted by atomic mass is 10.1. The molecule has 0 aliphatic carbocycles. The van der Waals surface area contributed by atoms with Crippen LogP contribution in [0.5, 0.6) is 0 Å². The van der Waals surface area contributed by atoms with Crippen LogP contribution in [0, 0.1) is 0 Å². The topological polar surface area (TPSA) is 30.7 Å². The van der Waals surface area contributed by atoms with Crippen LogP contribution < -0.4 is 0 Å². The fourth-order valence-corrected chi connectivity index (χ4v) is 2.77. The molecule has 3 nitrogen and oxygen atoms in total. The van der Waals surface area contributed by atoms with Crippen LogP contribution in [0.15, 0.2) is 61.2 Å². The Morgan fingerprint density at radius 1 is 0.800 bits per heavy atom. The third kappa shape index (κ3) is 1.53. The number of hydrogen-bond donors (Lipinski definition) is 0. The predicted molar refractivity (Wildman–Crippen MR) is 81.5 cm³/mol. The van der Waals surface area contributed by atoms with Crippen LogP contribution in [-0.2, 0) is 7.05 Å². The summed E-state index contributed by atoms with van der Waals surface area (Å²) in [7, 11) is 2.09. The van der Waals surface area contributed by atoms with Gasteiger partial charge in [0.25, 0.3) is 0 Å². The first-order valence-electron chi connectivity index (χ1n) is 6.57. The van der Waals surface area contributed by atoms with Gasteiger partial charge in [0.05, 0.1) is 5.52 Å². The summed E-state index contributed by atoms with van der Waals surface area (Å²) >= 11 is 0. The van der Waals surface area contributed by atoms with Crippen LogP contribution in [-0.4, -0.2) is 14.5 Å². The maximum atomic E-state index is 4.23. The summed E-state index contributed by atoms with van der Waals surface area (Å²) in [4.78, 5) is 8.42. The van der Waals surface area contributed by atoms with E-state index in [-0.39, 0.29) is 0 Å². The molecule has 1 aromatic carbocycles. The van der Waals surface area contributed by atoms with Crippen LogP contribution in [0.2, 0.25) is 0 Å². The van der Waals surface area contributed by atoms with Crippen LogP contribution in [0.4, 0.5) is 0 Å². The van der Waals surface area contributed by atoms with Gasteiger partial charge in [0.15, 0.2) is 0 Å². The summed E-state index contributed by atoms with van der Waals surface area (Å²) in [6, 6.07) is 12.6. The fraction of sp³-hybridized carbons (Fsp3) is 0.0588. The molecule has 0 unspecified atom stereocenters. The second kappa shape index (κ2) is 4.17. The van der Waals surface area contributed by atoms with Gasteiger partial charge in [-0.25, -0.2) is 0 Å². The minimum atomic E-state index is 1.14. The number of aromatic nitrogens is 3. The van der Waals surface area contributed by atoms with Gasteiger partial charge in [0.2, 0.25) is 0 Å². The monoisotopic (exact) mass is 259 g/mol. The zero-order chi connectivity index (χ0) is 13.5. The second-order valence-corrected chi connectivity index (χ2v) is 4.93. The molecule has 0 spiro atoms. The third-order valence-electron chi connectivity index (χ3n) is 3.80. The Kier molecular flexibility index (Phi) is 2.33. The Hall–Kier alpha value is -2.68. The van der Waals surface area contributed by atoms with Gasteiger partial charge in [-0.1, -0.05) is 18.2 Å². The van der Waals surface area contributed by atoms with Gasteiger partial charge >= 0.3 is 0 Å². The number of hydrogen-bond acceptors (Lipinski definition) is 2. The number of pyridine rings is 2. The van der Waals surface area contributed by atoms with E-state index in [2.05, 4.69) is 51.9 Å². The molecule has 0 aliphatic rings. The molecule has 96 valence electrons. The van der Waals surface area contributed by atoms with Crippen molar-refractivity contribution in [2.45, 2.75) is 0 Å². The molecule has 0 radical (unpaired) electrons. The summed E-state index contributed by atoms with van der Waals surface area (Å²) in [6.45, 7) is 0. The molecule has 0 saturated heterocycles. The van der Waals surface area contributed by atoms with Crippen molar-refractivity contribution in [2.75, 3.05) is 0 Å². The van der Waals surface area contributed by atoms with Crippen LogP contribution in [0.1, 0.15) is 0 Å². The van der Waals surface area contributed by atoms with Crippen LogP contribution in [0.25, 0.3) is 32.9 Å². The van der Waals surface area contributed by atoms with Crippen molar-refractivity contribution in [3.05, 3.63) is 61.2 Å². The predicted octanol–water partition coefficient (Wildman–Crippen LogP) is 3.79. The molecule has 0 saturated carbocycles. The molecule has 3 heteroatoms. The Bertz CT molecular complexity index is 907. The van der Waals surface area contributed by atoms with Gasteiger partial charge in [0.1, 0.15) is 0 Å². The van der Waals surface area contributed by atoms with Gasteiger partial charge in [-0.15, -0.1) is 0 Å². The Morgan fingerprint density at radius 2 is 1.70 bits per heavy atom. The first-order valence-corrected chi connectivity index (χ1v) is 6.57. The van der Waals surface area contributed by atoms with Crippen molar-refractivity contribution in [3.63, 3.8) is 0 Å². The molecule has 0 amide bonds. The van der Waals surface area contributed by atoms with E-state index in [0.29, 0.717) is 0 Å². The average molecular weight is 259 g/mol. The van der Waals surface area contributed by atoms with Crippen molar-refractivity contribution < 1.29 is 0 Å². The molecule has 0 atom stereocenters. The molecule has 4 rings (SSSR count). The highest BCUT2D eigenvalue weighted by atomic mass is 14.9. The molecular weight excluding hydrogens is 246 g/mol. The van der Waals surface area contributed by atoms with Crippen molar-refractivity contribution in [1.82, 2.24) is 14.5 Å². The van der Waals surface area contributed by atoms with Gasteiger partial charge in [-0.3, -0.25) is 9.97 Å². The number of nitrogens with zero attached hydrogens (tertiary/aromatic N) is 3. The lowest BCUT2D eigenvalue weighted by Crippen LogP contribution is -1.87. The highest BCUT2D eigenvalue weighted by Crippen LogP contribution is 2.30. The molecular formula is C17H13N3. The van der Waals surface area contributed by atoms with Crippen molar-refractivity contribution >= 4 is 21.8 Å². The summed E-state index contributed by atoms with van der Waals surface area (Å²) in [5.41, 5.74) is 4.75. The average Bonchev–Trinajstić information content (AvgIpc) is 2.81. The van der Waals surface area contributed by atoms with Crippen molar-refractivity contribution in [1.29, 1.82) is 0 Å². The van der Waals surface area contributed by atoms with Crippen LogP contribution in [0.3, 0.4) is 0 Å². The molecule has 4 aromatic rings. The van der Waals surface area contributed by atoms with E-state index in [1.807, 2.05) is 24.7 Å². The van der Waals surface area contributed by atoms with Crippen molar-refractivity contribution in [2.24, 2.45) is 7.05 Å². The van der Waals surface area contributed by atoms with E-state index in [0.717, 1.165) is 5.56 Å². The molecule has 3 heterocycles. The second-order valence-electron chi connectivity index (χ2n) is 4.93. The molecule has 0 bridgehead atoms. The van der Waals surface area contributed by atoms with E-state index >= 15 is 0 Å². The van der Waals surface area contributed by atoms with Gasteiger partial charge in [-0.2, -0.15) is 0 Å². The summed E-state index contributed by atoms with van der Waals surface area (Å²) in [6.07, 6.45) is 7.46. The normalized spacial score (nSPS) is 11.2. The summed E-state index contributed by atoms with van der Waals surface area (Å²) in [5, 5.41) is 2.44. The zero-order valence-electron chi connectivity index (χ0n) is 11.1. The van der Waals surface area contributed by atoms with Crippen LogP contribution >= 0.6 is 0 Å². The molecule has 0 fully saturated rings. The largest absolute Gasteiger partial charge is 0.343 e. The summed E-state index contributed by atoms with van der Waals surface area (Å²) in [5.74, 6) is 0. The Labute approximate surface area is 116 Å². The molecule has 20 heavy (non-hydrogen) atoms. The standard InChI is InChI=1S/C17H13N3/c1-20-16-6-8-19-11-15(16)14-5-4-12(9-17(14)20)13-3-2-7-18-10-13/h2-11H,1H3. The molecule has 0 N–H and O–H groups in total. The Balaban J connectivity index is 2.05. The highest BCUT2D eigenvalue weighted by molar-refractivity contribution is 6.08. The summed E-state index contributed by atoms with van der Waals surface area (Å²) < 4.78 is 2.21. The Morgan fingerprint density at radius 3 is 2.55 bits per heavy atom. The third-order valence-corrected chi connectivity index (χ3v) is 3.80. The number of benzene rings is 1. The van der Waals surface area contributed by atoms with E-state index in [1.54, 1.807) is 6.20 Å². The zero-order valence-corrected chi connectivity index (χ0v) is 11.1. The maximum Gasteiger partial charge on any atom is 0.0519 e. The van der Waals surface area contributed by atoms with Crippen molar-refractivity contribution in [3.8, 4) is 11.1 Å². The van der Waals surface area contributed by atoms with Gasteiger partial charge < -0.3 is 4.57 Å². The smallest absolute Gasteiger partial charge is 0.0519 e. The molecule has 3 aromatic heterocycles. The highest BCUT2D eigenvalue weighted by Gasteiger charge is 2.09. The number of rotatable bonds is 1. The van der Waals surface area contributed by atoms with E-state index in [4.69, 9.17) is 0 Å². The first kappa shape index (κ1) is 11.2. The SMILES string of the molecule is Cn1c2ccncc2c2ccc(-c3cccnc3)cc21.